The van der Waals surface area contributed by atoms with Crippen molar-refractivity contribution in [2.24, 2.45) is 11.3 Å². The first-order valence-corrected chi connectivity index (χ1v) is 7.74. The van der Waals surface area contributed by atoms with Crippen LogP contribution in [0.3, 0.4) is 0 Å². The monoisotopic (exact) mass is 283 g/mol. The summed E-state index contributed by atoms with van der Waals surface area (Å²) in [6.45, 7) is 6.02. The fourth-order valence-electron chi connectivity index (χ4n) is 2.34. The Balaban J connectivity index is 0.00000144. The fourth-order valence-corrected chi connectivity index (χ4v) is 4.22. The molecule has 2 atom stereocenters. The van der Waals surface area contributed by atoms with Crippen LogP contribution in [0.5, 0.6) is 0 Å². The minimum Gasteiger partial charge on any atom is -0.363 e. The summed E-state index contributed by atoms with van der Waals surface area (Å²) in [5.74, 6) is 0.983. The Hall–Kier alpha value is 0.160. The summed E-state index contributed by atoms with van der Waals surface area (Å²) >= 11 is 0. The van der Waals surface area contributed by atoms with Crippen molar-refractivity contribution in [2.45, 2.75) is 32.9 Å². The van der Waals surface area contributed by atoms with Gasteiger partial charge in [0, 0.05) is 12.0 Å². The van der Waals surface area contributed by atoms with E-state index in [-0.39, 0.29) is 30.0 Å². The summed E-state index contributed by atoms with van der Waals surface area (Å²) in [4.78, 5) is 0. The van der Waals surface area contributed by atoms with Gasteiger partial charge in [0.2, 0.25) is 0 Å². The lowest BCUT2D eigenvalue weighted by atomic mass is 9.92. The van der Waals surface area contributed by atoms with Crippen molar-refractivity contribution >= 4 is 22.2 Å². The van der Waals surface area contributed by atoms with E-state index in [1.54, 1.807) is 0 Å². The standard InChI is InChI=1S/C11H21NO3S.ClH/c1-11(2)7-12-10(15-8-11)5-9-3-4-16(13,14)6-9;/h9-10,12H,3-8H2,1-2H3;1H. The molecular formula is C11H22ClNO3S. The number of sulfone groups is 1. The quantitative estimate of drug-likeness (QED) is 0.828. The Morgan fingerprint density at radius 1 is 1.41 bits per heavy atom. The average molecular weight is 284 g/mol. The number of halogens is 1. The van der Waals surface area contributed by atoms with E-state index < -0.39 is 9.84 Å². The summed E-state index contributed by atoms with van der Waals surface area (Å²) in [7, 11) is -2.75. The minimum atomic E-state index is -2.75. The molecule has 0 saturated carbocycles. The predicted octanol–water partition coefficient (Wildman–Crippen LogP) is 1.21. The van der Waals surface area contributed by atoms with Gasteiger partial charge in [-0.3, -0.25) is 5.32 Å². The number of hydrogen-bond acceptors (Lipinski definition) is 4. The van der Waals surface area contributed by atoms with Crippen LogP contribution in [-0.4, -0.2) is 39.3 Å². The Labute approximate surface area is 110 Å². The van der Waals surface area contributed by atoms with E-state index in [2.05, 4.69) is 19.2 Å². The molecule has 6 heteroatoms. The maximum atomic E-state index is 11.3. The highest BCUT2D eigenvalue weighted by Crippen LogP contribution is 2.26. The Morgan fingerprint density at radius 2 is 2.12 bits per heavy atom. The van der Waals surface area contributed by atoms with Crippen LogP contribution in [0.2, 0.25) is 0 Å². The molecule has 0 amide bonds. The fraction of sp³-hybridized carbons (Fsp3) is 1.00. The van der Waals surface area contributed by atoms with Gasteiger partial charge < -0.3 is 4.74 Å². The van der Waals surface area contributed by atoms with Crippen LogP contribution in [0.4, 0.5) is 0 Å². The highest BCUT2D eigenvalue weighted by Gasteiger charge is 2.33. The zero-order valence-corrected chi connectivity index (χ0v) is 12.1. The van der Waals surface area contributed by atoms with Gasteiger partial charge in [0.15, 0.2) is 9.84 Å². The summed E-state index contributed by atoms with van der Waals surface area (Å²) in [5, 5.41) is 3.35. The van der Waals surface area contributed by atoms with E-state index in [1.807, 2.05) is 0 Å². The lowest BCUT2D eigenvalue weighted by Crippen LogP contribution is -2.48. The van der Waals surface area contributed by atoms with Gasteiger partial charge in [-0.05, 0) is 18.8 Å². The van der Waals surface area contributed by atoms with Gasteiger partial charge in [-0.1, -0.05) is 13.8 Å². The van der Waals surface area contributed by atoms with Gasteiger partial charge in [-0.15, -0.1) is 12.4 Å². The van der Waals surface area contributed by atoms with E-state index in [0.29, 0.717) is 11.5 Å². The van der Waals surface area contributed by atoms with Crippen molar-refractivity contribution in [1.82, 2.24) is 5.32 Å². The van der Waals surface area contributed by atoms with Gasteiger partial charge in [-0.2, -0.15) is 0 Å². The van der Waals surface area contributed by atoms with Gasteiger partial charge in [0.05, 0.1) is 18.1 Å². The molecule has 2 aliphatic rings. The van der Waals surface area contributed by atoms with Crippen molar-refractivity contribution < 1.29 is 13.2 Å². The molecule has 0 aromatic heterocycles. The molecule has 0 spiro atoms. The zero-order valence-electron chi connectivity index (χ0n) is 10.4. The molecule has 17 heavy (non-hydrogen) atoms. The van der Waals surface area contributed by atoms with Crippen LogP contribution < -0.4 is 5.32 Å². The van der Waals surface area contributed by atoms with Gasteiger partial charge in [0.25, 0.3) is 0 Å². The molecule has 0 aromatic carbocycles. The summed E-state index contributed by atoms with van der Waals surface area (Å²) in [6.07, 6.45) is 1.68. The van der Waals surface area contributed by atoms with Crippen LogP contribution in [-0.2, 0) is 14.6 Å². The molecule has 0 aromatic rings. The molecule has 2 rings (SSSR count). The van der Waals surface area contributed by atoms with Gasteiger partial charge in [-0.25, -0.2) is 8.42 Å². The van der Waals surface area contributed by atoms with Crippen LogP contribution in [0, 0.1) is 11.3 Å². The minimum absolute atomic E-state index is 0. The number of hydrogen-bond donors (Lipinski definition) is 1. The largest absolute Gasteiger partial charge is 0.363 e. The van der Waals surface area contributed by atoms with E-state index in [4.69, 9.17) is 4.74 Å². The highest BCUT2D eigenvalue weighted by atomic mass is 35.5. The highest BCUT2D eigenvalue weighted by molar-refractivity contribution is 7.91. The van der Waals surface area contributed by atoms with Crippen molar-refractivity contribution in [3.05, 3.63) is 0 Å². The molecule has 2 aliphatic heterocycles. The molecule has 1 N–H and O–H groups in total. The van der Waals surface area contributed by atoms with Crippen molar-refractivity contribution in [3.8, 4) is 0 Å². The first-order valence-electron chi connectivity index (χ1n) is 5.92. The van der Waals surface area contributed by atoms with Crippen LogP contribution in [0.25, 0.3) is 0 Å². The molecular weight excluding hydrogens is 262 g/mol. The molecule has 2 fully saturated rings. The number of rotatable bonds is 2. The lowest BCUT2D eigenvalue weighted by molar-refractivity contribution is -0.0660. The molecule has 0 aliphatic carbocycles. The van der Waals surface area contributed by atoms with E-state index in [9.17, 15) is 8.42 Å². The van der Waals surface area contributed by atoms with Crippen LogP contribution in [0.15, 0.2) is 0 Å². The van der Waals surface area contributed by atoms with Crippen molar-refractivity contribution in [1.29, 1.82) is 0 Å². The van der Waals surface area contributed by atoms with Crippen molar-refractivity contribution in [3.63, 3.8) is 0 Å². The molecule has 2 unspecified atom stereocenters. The van der Waals surface area contributed by atoms with E-state index in [0.717, 1.165) is 26.0 Å². The summed E-state index contributed by atoms with van der Waals surface area (Å²) in [6, 6.07) is 0. The second-order valence-corrected chi connectivity index (χ2v) is 8.08. The number of ether oxygens (including phenoxy) is 1. The molecule has 0 bridgehead atoms. The van der Waals surface area contributed by atoms with Crippen molar-refractivity contribution in [2.75, 3.05) is 24.7 Å². The second kappa shape index (κ2) is 5.43. The third kappa shape index (κ3) is 4.39. The molecule has 102 valence electrons. The topological polar surface area (TPSA) is 55.4 Å². The lowest BCUT2D eigenvalue weighted by Gasteiger charge is -2.36. The van der Waals surface area contributed by atoms with Gasteiger partial charge >= 0.3 is 0 Å². The first kappa shape index (κ1) is 15.2. The van der Waals surface area contributed by atoms with Crippen LogP contribution >= 0.6 is 12.4 Å². The van der Waals surface area contributed by atoms with E-state index in [1.165, 1.54) is 0 Å². The summed E-state index contributed by atoms with van der Waals surface area (Å²) < 4.78 is 28.4. The second-order valence-electron chi connectivity index (χ2n) is 5.85. The SMILES string of the molecule is CC1(C)CNC(CC2CCS(=O)(=O)C2)OC1.Cl. The van der Waals surface area contributed by atoms with E-state index >= 15 is 0 Å². The predicted molar refractivity (Wildman–Crippen MR) is 70.1 cm³/mol. The Kier molecular flexibility index (Phi) is 4.86. The molecule has 4 nitrogen and oxygen atoms in total. The number of nitrogens with one attached hydrogen (secondary N) is 1. The van der Waals surface area contributed by atoms with Crippen LogP contribution in [0.1, 0.15) is 26.7 Å². The summed E-state index contributed by atoms with van der Waals surface area (Å²) in [5.41, 5.74) is 0.193. The first-order chi connectivity index (χ1) is 7.36. The normalized spacial score (nSPS) is 35.2. The Bertz CT molecular complexity index is 346. The zero-order chi connectivity index (χ0) is 11.8. The molecule has 0 radical (unpaired) electrons. The van der Waals surface area contributed by atoms with Gasteiger partial charge in [0.1, 0.15) is 6.23 Å². The average Bonchev–Trinajstić information content (AvgIpc) is 2.50. The third-order valence-corrected chi connectivity index (χ3v) is 5.19. The Morgan fingerprint density at radius 3 is 2.59 bits per heavy atom. The smallest absolute Gasteiger partial charge is 0.150 e. The third-order valence-electron chi connectivity index (χ3n) is 3.36. The maximum Gasteiger partial charge on any atom is 0.150 e. The maximum absolute atomic E-state index is 11.3. The molecule has 2 heterocycles. The molecule has 2 saturated heterocycles.